The second-order valence-corrected chi connectivity index (χ2v) is 4.56. The SMILES string of the molecule is O=C(CC1CCCNC1)OCc1ccccc1. The second kappa shape index (κ2) is 6.40. The van der Waals surface area contributed by atoms with E-state index in [2.05, 4.69) is 5.32 Å². The van der Waals surface area contributed by atoms with Crippen molar-refractivity contribution in [2.45, 2.75) is 25.9 Å². The lowest BCUT2D eigenvalue weighted by Crippen LogP contribution is -2.31. The third kappa shape index (κ3) is 4.19. The molecule has 1 aromatic rings. The summed E-state index contributed by atoms with van der Waals surface area (Å²) in [6.07, 6.45) is 2.84. The molecule has 0 radical (unpaired) electrons. The zero-order valence-electron chi connectivity index (χ0n) is 10.0. The van der Waals surface area contributed by atoms with Gasteiger partial charge in [0.2, 0.25) is 0 Å². The summed E-state index contributed by atoms with van der Waals surface area (Å²) in [6, 6.07) is 9.80. The van der Waals surface area contributed by atoms with Crippen LogP contribution >= 0.6 is 0 Å². The quantitative estimate of drug-likeness (QED) is 0.810. The third-order valence-corrected chi connectivity index (χ3v) is 3.10. The molecule has 17 heavy (non-hydrogen) atoms. The summed E-state index contributed by atoms with van der Waals surface area (Å²) in [4.78, 5) is 11.6. The van der Waals surface area contributed by atoms with Crippen LogP contribution in [0.1, 0.15) is 24.8 Å². The van der Waals surface area contributed by atoms with Crippen LogP contribution in [0.25, 0.3) is 0 Å². The van der Waals surface area contributed by atoms with Gasteiger partial charge in [-0.3, -0.25) is 4.79 Å². The van der Waals surface area contributed by atoms with Crippen molar-refractivity contribution in [3.05, 3.63) is 35.9 Å². The number of hydrogen-bond donors (Lipinski definition) is 1. The van der Waals surface area contributed by atoms with Gasteiger partial charge in [0.15, 0.2) is 0 Å². The molecule has 0 bridgehead atoms. The summed E-state index contributed by atoms with van der Waals surface area (Å²) < 4.78 is 5.26. The maximum Gasteiger partial charge on any atom is 0.306 e. The van der Waals surface area contributed by atoms with Crippen LogP contribution in [0.3, 0.4) is 0 Å². The van der Waals surface area contributed by atoms with Crippen molar-refractivity contribution in [3.63, 3.8) is 0 Å². The molecule has 1 aliphatic rings. The number of esters is 1. The highest BCUT2D eigenvalue weighted by atomic mass is 16.5. The molecule has 0 saturated carbocycles. The highest BCUT2D eigenvalue weighted by Gasteiger charge is 2.17. The van der Waals surface area contributed by atoms with Gasteiger partial charge in [-0.05, 0) is 37.4 Å². The molecule has 1 heterocycles. The van der Waals surface area contributed by atoms with Crippen LogP contribution in [0, 0.1) is 5.92 Å². The monoisotopic (exact) mass is 233 g/mol. The van der Waals surface area contributed by atoms with E-state index in [0.29, 0.717) is 18.9 Å². The number of nitrogens with one attached hydrogen (secondary N) is 1. The summed E-state index contributed by atoms with van der Waals surface area (Å²) in [6.45, 7) is 2.41. The van der Waals surface area contributed by atoms with Crippen LogP contribution in [-0.4, -0.2) is 19.1 Å². The molecule has 1 aliphatic heterocycles. The van der Waals surface area contributed by atoms with Gasteiger partial charge in [0.25, 0.3) is 0 Å². The summed E-state index contributed by atoms with van der Waals surface area (Å²) in [5, 5.41) is 3.31. The average Bonchev–Trinajstić information content (AvgIpc) is 2.39. The summed E-state index contributed by atoms with van der Waals surface area (Å²) in [5.74, 6) is 0.370. The van der Waals surface area contributed by atoms with E-state index in [9.17, 15) is 4.79 Å². The Morgan fingerprint density at radius 1 is 1.35 bits per heavy atom. The van der Waals surface area contributed by atoms with E-state index in [4.69, 9.17) is 4.74 Å². The van der Waals surface area contributed by atoms with Gasteiger partial charge in [0.05, 0.1) is 0 Å². The molecule has 2 rings (SSSR count). The van der Waals surface area contributed by atoms with Gasteiger partial charge in [-0.2, -0.15) is 0 Å². The number of piperidine rings is 1. The lowest BCUT2D eigenvalue weighted by atomic mass is 9.96. The minimum Gasteiger partial charge on any atom is -0.461 e. The highest BCUT2D eigenvalue weighted by Crippen LogP contribution is 2.15. The zero-order valence-corrected chi connectivity index (χ0v) is 10.0. The molecule has 1 fully saturated rings. The molecule has 1 saturated heterocycles. The molecule has 3 nitrogen and oxygen atoms in total. The van der Waals surface area contributed by atoms with Gasteiger partial charge in [-0.1, -0.05) is 30.3 Å². The van der Waals surface area contributed by atoms with Crippen molar-refractivity contribution in [3.8, 4) is 0 Å². The van der Waals surface area contributed by atoms with Crippen LogP contribution in [0.4, 0.5) is 0 Å². The predicted molar refractivity (Wildman–Crippen MR) is 66.4 cm³/mol. The Balaban J connectivity index is 1.70. The van der Waals surface area contributed by atoms with E-state index < -0.39 is 0 Å². The molecule has 0 aromatic heterocycles. The Bertz CT molecular complexity index is 344. The van der Waals surface area contributed by atoms with Gasteiger partial charge >= 0.3 is 5.97 Å². The number of ether oxygens (including phenoxy) is 1. The first-order valence-electron chi connectivity index (χ1n) is 6.25. The minimum atomic E-state index is -0.0810. The van der Waals surface area contributed by atoms with Crippen LogP contribution < -0.4 is 5.32 Å². The molecule has 0 spiro atoms. The standard InChI is InChI=1S/C14H19NO2/c16-14(9-13-7-4-8-15-10-13)17-11-12-5-2-1-3-6-12/h1-3,5-6,13,15H,4,7-11H2. The van der Waals surface area contributed by atoms with Crippen LogP contribution in [0.5, 0.6) is 0 Å². The Morgan fingerprint density at radius 3 is 2.88 bits per heavy atom. The normalized spacial score (nSPS) is 19.9. The second-order valence-electron chi connectivity index (χ2n) is 4.56. The molecular weight excluding hydrogens is 214 g/mol. The van der Waals surface area contributed by atoms with E-state index in [0.717, 1.165) is 31.5 Å². The van der Waals surface area contributed by atoms with E-state index in [1.165, 1.54) is 0 Å². The molecule has 1 atom stereocenters. The Hall–Kier alpha value is -1.35. The zero-order chi connectivity index (χ0) is 11.9. The van der Waals surface area contributed by atoms with Crippen molar-refractivity contribution in [1.29, 1.82) is 0 Å². The van der Waals surface area contributed by atoms with Crippen LogP contribution in [0.15, 0.2) is 30.3 Å². The third-order valence-electron chi connectivity index (χ3n) is 3.10. The lowest BCUT2D eigenvalue weighted by Gasteiger charge is -2.21. The maximum absolute atomic E-state index is 11.6. The fourth-order valence-corrected chi connectivity index (χ4v) is 2.13. The van der Waals surface area contributed by atoms with Gasteiger partial charge in [0, 0.05) is 6.42 Å². The Labute approximate surface area is 102 Å². The molecule has 92 valence electrons. The summed E-state index contributed by atoms with van der Waals surface area (Å²) in [5.41, 5.74) is 1.04. The molecule has 1 N–H and O–H groups in total. The number of carbonyl (C=O) groups is 1. The van der Waals surface area contributed by atoms with Crippen molar-refractivity contribution < 1.29 is 9.53 Å². The fraction of sp³-hybridized carbons (Fsp3) is 0.500. The van der Waals surface area contributed by atoms with E-state index in [-0.39, 0.29) is 5.97 Å². The molecule has 0 amide bonds. The van der Waals surface area contributed by atoms with Crippen LogP contribution in [0.2, 0.25) is 0 Å². The van der Waals surface area contributed by atoms with Gasteiger partial charge < -0.3 is 10.1 Å². The maximum atomic E-state index is 11.6. The highest BCUT2D eigenvalue weighted by molar-refractivity contribution is 5.69. The first kappa shape index (κ1) is 12.1. The van der Waals surface area contributed by atoms with E-state index in [1.807, 2.05) is 30.3 Å². The summed E-state index contributed by atoms with van der Waals surface area (Å²) in [7, 11) is 0. The molecular formula is C14H19NO2. The van der Waals surface area contributed by atoms with Crippen molar-refractivity contribution in [2.75, 3.05) is 13.1 Å². The number of rotatable bonds is 4. The molecule has 0 aliphatic carbocycles. The van der Waals surface area contributed by atoms with Crippen molar-refractivity contribution in [2.24, 2.45) is 5.92 Å². The van der Waals surface area contributed by atoms with Crippen LogP contribution in [-0.2, 0) is 16.1 Å². The van der Waals surface area contributed by atoms with Gasteiger partial charge in [0.1, 0.15) is 6.61 Å². The van der Waals surface area contributed by atoms with Crippen molar-refractivity contribution >= 4 is 5.97 Å². The first-order chi connectivity index (χ1) is 8.34. The molecule has 3 heteroatoms. The Morgan fingerprint density at radius 2 is 2.18 bits per heavy atom. The number of hydrogen-bond acceptors (Lipinski definition) is 3. The van der Waals surface area contributed by atoms with E-state index in [1.54, 1.807) is 0 Å². The molecule has 1 unspecified atom stereocenters. The van der Waals surface area contributed by atoms with Crippen molar-refractivity contribution in [1.82, 2.24) is 5.32 Å². The topological polar surface area (TPSA) is 38.3 Å². The smallest absolute Gasteiger partial charge is 0.306 e. The van der Waals surface area contributed by atoms with E-state index >= 15 is 0 Å². The average molecular weight is 233 g/mol. The molecule has 1 aromatic carbocycles. The lowest BCUT2D eigenvalue weighted by molar-refractivity contribution is -0.146. The van der Waals surface area contributed by atoms with Gasteiger partial charge in [-0.25, -0.2) is 0 Å². The number of carbonyl (C=O) groups excluding carboxylic acids is 1. The Kier molecular flexibility index (Phi) is 4.56. The summed E-state index contributed by atoms with van der Waals surface area (Å²) >= 11 is 0. The number of benzene rings is 1. The first-order valence-corrected chi connectivity index (χ1v) is 6.25. The van der Waals surface area contributed by atoms with Gasteiger partial charge in [-0.15, -0.1) is 0 Å². The fourth-order valence-electron chi connectivity index (χ4n) is 2.13. The largest absolute Gasteiger partial charge is 0.461 e. The predicted octanol–water partition coefficient (Wildman–Crippen LogP) is 2.12. The minimum absolute atomic E-state index is 0.0810.